The number of fused-ring (bicyclic) bond motifs is 1. The predicted octanol–water partition coefficient (Wildman–Crippen LogP) is 3.29. The molecule has 90 valence electrons. The molecule has 0 saturated heterocycles. The molecule has 3 aromatic rings. The van der Waals surface area contributed by atoms with Crippen LogP contribution in [0.1, 0.15) is 0 Å². The van der Waals surface area contributed by atoms with Crippen LogP contribution >= 0.6 is 0 Å². The van der Waals surface area contributed by atoms with Crippen LogP contribution in [0.4, 0.5) is 21.8 Å². The zero-order valence-corrected chi connectivity index (χ0v) is 9.35. The van der Waals surface area contributed by atoms with Gasteiger partial charge >= 0.3 is 0 Å². The van der Waals surface area contributed by atoms with Gasteiger partial charge in [0.05, 0.1) is 0 Å². The van der Waals surface area contributed by atoms with E-state index < -0.39 is 0 Å². The monoisotopic (exact) mass is 243 g/mol. The first kappa shape index (κ1) is 10.6. The van der Waals surface area contributed by atoms with E-state index in [1.165, 1.54) is 12.1 Å². The zero-order valence-electron chi connectivity index (χ0n) is 9.35. The van der Waals surface area contributed by atoms with Crippen LogP contribution in [-0.2, 0) is 0 Å². The van der Waals surface area contributed by atoms with Gasteiger partial charge in [-0.05, 0) is 30.3 Å². The number of benzene rings is 2. The third-order valence-corrected chi connectivity index (χ3v) is 2.49. The summed E-state index contributed by atoms with van der Waals surface area (Å²) < 4.78 is 18.4. The van der Waals surface area contributed by atoms with Gasteiger partial charge < -0.3 is 15.5 Å². The maximum absolute atomic E-state index is 13.0. The molecule has 0 spiro atoms. The summed E-state index contributed by atoms with van der Waals surface area (Å²) in [6.07, 6.45) is 0. The van der Waals surface area contributed by atoms with E-state index in [9.17, 15) is 4.39 Å². The highest BCUT2D eigenvalue weighted by Crippen LogP contribution is 2.23. The minimum Gasteiger partial charge on any atom is -0.423 e. The summed E-state index contributed by atoms with van der Waals surface area (Å²) in [6, 6.07) is 11.7. The van der Waals surface area contributed by atoms with Crippen molar-refractivity contribution in [1.82, 2.24) is 4.98 Å². The number of halogens is 1. The lowest BCUT2D eigenvalue weighted by Crippen LogP contribution is -1.91. The van der Waals surface area contributed by atoms with Crippen LogP contribution in [0, 0.1) is 5.82 Å². The molecule has 3 N–H and O–H groups in total. The van der Waals surface area contributed by atoms with Gasteiger partial charge in [-0.1, -0.05) is 6.07 Å². The van der Waals surface area contributed by atoms with E-state index in [1.807, 2.05) is 12.1 Å². The molecule has 0 aliphatic rings. The number of nitrogens with one attached hydrogen (secondary N) is 1. The first-order valence-electron chi connectivity index (χ1n) is 5.39. The lowest BCUT2D eigenvalue weighted by Gasteiger charge is -2.01. The average Bonchev–Trinajstić information content (AvgIpc) is 2.70. The summed E-state index contributed by atoms with van der Waals surface area (Å²) in [4.78, 5) is 4.14. The van der Waals surface area contributed by atoms with E-state index in [1.54, 1.807) is 18.2 Å². The standard InChI is InChI=1S/C13H10FN3O/c14-8-4-5-12-11(6-8)17-13(18-12)16-10-3-1-2-9(15)7-10/h1-7H,15H2,(H,16,17). The number of rotatable bonds is 2. The Labute approximate surface area is 102 Å². The number of anilines is 3. The van der Waals surface area contributed by atoms with Crippen molar-refractivity contribution in [2.45, 2.75) is 0 Å². The fourth-order valence-electron chi connectivity index (χ4n) is 1.69. The number of hydrogen-bond donors (Lipinski definition) is 2. The third-order valence-electron chi connectivity index (χ3n) is 2.49. The van der Waals surface area contributed by atoms with Crippen molar-refractivity contribution in [2.24, 2.45) is 0 Å². The number of nitrogen functional groups attached to an aromatic ring is 1. The van der Waals surface area contributed by atoms with Gasteiger partial charge in [-0.2, -0.15) is 4.98 Å². The van der Waals surface area contributed by atoms with Gasteiger partial charge in [0.15, 0.2) is 5.58 Å². The Morgan fingerprint density at radius 2 is 2.06 bits per heavy atom. The lowest BCUT2D eigenvalue weighted by molar-refractivity contribution is 0.616. The van der Waals surface area contributed by atoms with Crippen LogP contribution in [0.5, 0.6) is 0 Å². The molecule has 5 heteroatoms. The second-order valence-corrected chi connectivity index (χ2v) is 3.88. The second kappa shape index (κ2) is 4.03. The van der Waals surface area contributed by atoms with Crippen molar-refractivity contribution in [3.8, 4) is 0 Å². The fraction of sp³-hybridized carbons (Fsp3) is 0. The normalized spacial score (nSPS) is 10.7. The molecule has 0 bridgehead atoms. The van der Waals surface area contributed by atoms with Crippen molar-refractivity contribution in [3.63, 3.8) is 0 Å². The highest BCUT2D eigenvalue weighted by Gasteiger charge is 2.06. The molecule has 0 unspecified atom stereocenters. The average molecular weight is 243 g/mol. The van der Waals surface area contributed by atoms with Gasteiger partial charge in [-0.15, -0.1) is 0 Å². The van der Waals surface area contributed by atoms with E-state index in [-0.39, 0.29) is 5.82 Å². The van der Waals surface area contributed by atoms with Gasteiger partial charge in [-0.3, -0.25) is 0 Å². The summed E-state index contributed by atoms with van der Waals surface area (Å²) in [6.45, 7) is 0. The zero-order chi connectivity index (χ0) is 12.5. The number of nitrogens with zero attached hydrogens (tertiary/aromatic N) is 1. The van der Waals surface area contributed by atoms with Crippen LogP contribution in [0.3, 0.4) is 0 Å². The Kier molecular flexibility index (Phi) is 2.37. The Bertz CT molecular complexity index is 708. The van der Waals surface area contributed by atoms with Crippen molar-refractivity contribution in [1.29, 1.82) is 0 Å². The first-order chi connectivity index (χ1) is 8.70. The van der Waals surface area contributed by atoms with Gasteiger partial charge in [0, 0.05) is 17.4 Å². The predicted molar refractivity (Wildman–Crippen MR) is 68.1 cm³/mol. The summed E-state index contributed by atoms with van der Waals surface area (Å²) in [5.74, 6) is -0.341. The van der Waals surface area contributed by atoms with Gasteiger partial charge in [-0.25, -0.2) is 4.39 Å². The van der Waals surface area contributed by atoms with Gasteiger partial charge in [0.2, 0.25) is 0 Å². The molecule has 1 aromatic heterocycles. The Morgan fingerprint density at radius 1 is 1.17 bits per heavy atom. The minimum absolute atomic E-state index is 0.307. The van der Waals surface area contributed by atoms with Crippen LogP contribution < -0.4 is 11.1 Å². The van der Waals surface area contributed by atoms with E-state index in [0.29, 0.717) is 22.8 Å². The molecule has 0 fully saturated rings. The summed E-state index contributed by atoms with van der Waals surface area (Å²) >= 11 is 0. The molecule has 3 rings (SSSR count). The van der Waals surface area contributed by atoms with Gasteiger partial charge in [0.1, 0.15) is 11.3 Å². The number of hydrogen-bond acceptors (Lipinski definition) is 4. The van der Waals surface area contributed by atoms with Crippen molar-refractivity contribution in [2.75, 3.05) is 11.1 Å². The summed E-state index contributed by atoms with van der Waals surface area (Å²) in [7, 11) is 0. The fourth-order valence-corrected chi connectivity index (χ4v) is 1.69. The highest BCUT2D eigenvalue weighted by atomic mass is 19.1. The first-order valence-corrected chi connectivity index (χ1v) is 5.39. The molecule has 18 heavy (non-hydrogen) atoms. The molecule has 0 aliphatic heterocycles. The molecular weight excluding hydrogens is 233 g/mol. The molecule has 1 heterocycles. The highest BCUT2D eigenvalue weighted by molar-refractivity contribution is 5.75. The third kappa shape index (κ3) is 1.98. The molecule has 0 aliphatic carbocycles. The van der Waals surface area contributed by atoms with Crippen LogP contribution in [0.25, 0.3) is 11.1 Å². The molecular formula is C13H10FN3O. The maximum atomic E-state index is 13.0. The number of nitrogens with two attached hydrogens (primary N) is 1. The Hall–Kier alpha value is -2.56. The second-order valence-electron chi connectivity index (χ2n) is 3.88. The van der Waals surface area contributed by atoms with E-state index in [2.05, 4.69) is 10.3 Å². The van der Waals surface area contributed by atoms with Crippen molar-refractivity contribution >= 4 is 28.5 Å². The Balaban J connectivity index is 1.95. The summed E-state index contributed by atoms with van der Waals surface area (Å²) in [5.41, 5.74) is 8.08. The number of oxazole rings is 1. The molecule has 0 atom stereocenters. The van der Waals surface area contributed by atoms with Crippen molar-refractivity contribution in [3.05, 3.63) is 48.3 Å². The van der Waals surface area contributed by atoms with E-state index in [0.717, 1.165) is 5.69 Å². The minimum atomic E-state index is -0.341. The maximum Gasteiger partial charge on any atom is 0.300 e. The molecule has 0 radical (unpaired) electrons. The lowest BCUT2D eigenvalue weighted by atomic mass is 10.3. The van der Waals surface area contributed by atoms with E-state index in [4.69, 9.17) is 10.2 Å². The van der Waals surface area contributed by atoms with Crippen LogP contribution in [0.15, 0.2) is 46.9 Å². The number of aromatic nitrogens is 1. The topological polar surface area (TPSA) is 64.1 Å². The quantitative estimate of drug-likeness (QED) is 0.678. The summed E-state index contributed by atoms with van der Waals surface area (Å²) in [5, 5.41) is 2.97. The largest absolute Gasteiger partial charge is 0.423 e. The van der Waals surface area contributed by atoms with Crippen LogP contribution in [-0.4, -0.2) is 4.98 Å². The molecule has 0 saturated carbocycles. The molecule has 2 aromatic carbocycles. The Morgan fingerprint density at radius 3 is 2.89 bits per heavy atom. The van der Waals surface area contributed by atoms with Crippen molar-refractivity contribution < 1.29 is 8.81 Å². The van der Waals surface area contributed by atoms with Crippen LogP contribution in [0.2, 0.25) is 0 Å². The SMILES string of the molecule is Nc1cccc(Nc2nc3cc(F)ccc3o2)c1. The van der Waals surface area contributed by atoms with Gasteiger partial charge in [0.25, 0.3) is 6.01 Å². The van der Waals surface area contributed by atoms with E-state index >= 15 is 0 Å². The molecule has 4 nitrogen and oxygen atoms in total. The molecule has 0 amide bonds. The smallest absolute Gasteiger partial charge is 0.300 e.